The van der Waals surface area contributed by atoms with E-state index in [-0.39, 0.29) is 0 Å². The van der Waals surface area contributed by atoms with Crippen molar-refractivity contribution in [3.05, 3.63) is 89.5 Å². The van der Waals surface area contributed by atoms with Crippen LogP contribution in [0.15, 0.2) is 72.8 Å². The van der Waals surface area contributed by atoms with E-state index in [0.29, 0.717) is 6.54 Å². The van der Waals surface area contributed by atoms with Gasteiger partial charge in [0.1, 0.15) is 0 Å². The molecule has 0 spiro atoms. The molecule has 0 radical (unpaired) electrons. The average Bonchev–Trinajstić information content (AvgIpc) is 2.62. The van der Waals surface area contributed by atoms with E-state index in [1.54, 1.807) is 12.1 Å². The Morgan fingerprint density at radius 3 is 2.12 bits per heavy atom. The summed E-state index contributed by atoms with van der Waals surface area (Å²) >= 11 is 0. The number of nitrogens with zero attached hydrogens (tertiary/aromatic N) is 1. The largest absolute Gasteiger partial charge is 0.416 e. The summed E-state index contributed by atoms with van der Waals surface area (Å²) in [4.78, 5) is 2.21. The van der Waals surface area contributed by atoms with Crippen molar-refractivity contribution >= 4 is 5.69 Å². The lowest BCUT2D eigenvalue weighted by atomic mass is 9.93. The monoisotopic (exact) mass is 339 g/mol. The molecule has 4 heteroatoms. The molecule has 0 atom stereocenters. The highest BCUT2D eigenvalue weighted by atomic mass is 19.4. The second-order valence-corrected chi connectivity index (χ2v) is 6.23. The molecular formula is C21H16F3N. The van der Waals surface area contributed by atoms with Crippen molar-refractivity contribution < 1.29 is 13.2 Å². The number of hydrogen-bond acceptors (Lipinski definition) is 1. The van der Waals surface area contributed by atoms with E-state index in [1.807, 2.05) is 24.3 Å². The number of alkyl halides is 3. The summed E-state index contributed by atoms with van der Waals surface area (Å²) in [5.41, 5.74) is 4.98. The maximum Gasteiger partial charge on any atom is 0.416 e. The first-order valence-electron chi connectivity index (χ1n) is 8.11. The zero-order valence-electron chi connectivity index (χ0n) is 13.4. The fraction of sp³-hybridized carbons (Fsp3) is 0.143. The number of hydrogen-bond donors (Lipinski definition) is 0. The molecular weight excluding hydrogens is 323 g/mol. The first-order chi connectivity index (χ1) is 12.0. The zero-order chi connectivity index (χ0) is 17.4. The standard InChI is InChI=1S/C21H16F3N/c22-21(23,24)17-11-9-15(10-12-17)13-25-14-16-5-1-2-6-18(16)19-7-3-4-8-20(19)25/h1-12H,13-14H2. The van der Waals surface area contributed by atoms with Crippen LogP contribution < -0.4 is 4.90 Å². The predicted octanol–water partition coefficient (Wildman–Crippen LogP) is 5.89. The molecule has 0 aliphatic carbocycles. The van der Waals surface area contributed by atoms with Crippen molar-refractivity contribution in [1.82, 2.24) is 0 Å². The van der Waals surface area contributed by atoms with E-state index in [1.165, 1.54) is 11.1 Å². The second-order valence-electron chi connectivity index (χ2n) is 6.23. The Labute approximate surface area is 144 Å². The summed E-state index contributed by atoms with van der Waals surface area (Å²) in [6.45, 7) is 1.32. The molecule has 126 valence electrons. The summed E-state index contributed by atoms with van der Waals surface area (Å²) < 4.78 is 38.2. The molecule has 1 aliphatic heterocycles. The molecule has 1 heterocycles. The molecule has 4 rings (SSSR count). The minimum atomic E-state index is -4.30. The van der Waals surface area contributed by atoms with Crippen LogP contribution in [0.5, 0.6) is 0 Å². The quantitative estimate of drug-likeness (QED) is 0.562. The van der Waals surface area contributed by atoms with Crippen LogP contribution in [-0.4, -0.2) is 0 Å². The smallest absolute Gasteiger partial charge is 0.362 e. The highest BCUT2D eigenvalue weighted by Gasteiger charge is 2.30. The van der Waals surface area contributed by atoms with Crippen molar-refractivity contribution in [2.24, 2.45) is 0 Å². The number of halogens is 3. The minimum Gasteiger partial charge on any atom is -0.362 e. The van der Waals surface area contributed by atoms with E-state index in [9.17, 15) is 13.2 Å². The fourth-order valence-corrected chi connectivity index (χ4v) is 3.35. The third kappa shape index (κ3) is 3.00. The fourth-order valence-electron chi connectivity index (χ4n) is 3.35. The van der Waals surface area contributed by atoms with Gasteiger partial charge in [-0.15, -0.1) is 0 Å². The first kappa shape index (κ1) is 15.8. The van der Waals surface area contributed by atoms with Gasteiger partial charge >= 0.3 is 6.18 Å². The molecule has 0 unspecified atom stereocenters. The maximum atomic E-state index is 12.7. The van der Waals surface area contributed by atoms with Crippen molar-refractivity contribution in [3.63, 3.8) is 0 Å². The van der Waals surface area contributed by atoms with E-state index in [0.717, 1.165) is 35.5 Å². The summed E-state index contributed by atoms with van der Waals surface area (Å²) in [5.74, 6) is 0. The lowest BCUT2D eigenvalue weighted by molar-refractivity contribution is -0.137. The Kier molecular flexibility index (Phi) is 3.75. The number of rotatable bonds is 2. The van der Waals surface area contributed by atoms with Crippen LogP contribution in [0.2, 0.25) is 0 Å². The van der Waals surface area contributed by atoms with Gasteiger partial charge in [-0.3, -0.25) is 0 Å². The number of anilines is 1. The number of fused-ring (bicyclic) bond motifs is 3. The normalized spacial score (nSPS) is 13.3. The number of para-hydroxylation sites is 1. The van der Waals surface area contributed by atoms with Crippen molar-refractivity contribution in [2.45, 2.75) is 19.3 Å². The third-order valence-corrected chi connectivity index (χ3v) is 4.57. The number of benzene rings is 3. The van der Waals surface area contributed by atoms with Gasteiger partial charge in [-0.25, -0.2) is 0 Å². The van der Waals surface area contributed by atoms with Crippen LogP contribution >= 0.6 is 0 Å². The Morgan fingerprint density at radius 2 is 1.40 bits per heavy atom. The molecule has 0 fully saturated rings. The summed E-state index contributed by atoms with van der Waals surface area (Å²) in [6, 6.07) is 21.8. The van der Waals surface area contributed by atoms with Gasteiger partial charge in [-0.05, 0) is 34.9 Å². The lowest BCUT2D eigenvalue weighted by Crippen LogP contribution is -2.26. The maximum absolute atomic E-state index is 12.7. The summed E-state index contributed by atoms with van der Waals surface area (Å²) in [6.07, 6.45) is -4.30. The molecule has 1 nitrogen and oxygen atoms in total. The van der Waals surface area contributed by atoms with Gasteiger partial charge in [0.05, 0.1) is 5.56 Å². The third-order valence-electron chi connectivity index (χ3n) is 4.57. The molecule has 0 N–H and O–H groups in total. The molecule has 25 heavy (non-hydrogen) atoms. The average molecular weight is 339 g/mol. The summed E-state index contributed by atoms with van der Waals surface area (Å²) in [7, 11) is 0. The molecule has 0 amide bonds. The van der Waals surface area contributed by atoms with Crippen molar-refractivity contribution in [2.75, 3.05) is 4.90 Å². The molecule has 0 saturated heterocycles. The zero-order valence-corrected chi connectivity index (χ0v) is 13.4. The highest BCUT2D eigenvalue weighted by molar-refractivity contribution is 5.83. The van der Waals surface area contributed by atoms with Gasteiger partial charge in [0.2, 0.25) is 0 Å². The molecule has 0 aromatic heterocycles. The van der Waals surface area contributed by atoms with Crippen LogP contribution in [-0.2, 0) is 19.3 Å². The molecule has 3 aromatic rings. The van der Waals surface area contributed by atoms with Crippen molar-refractivity contribution in [3.8, 4) is 11.1 Å². The Hall–Kier alpha value is -2.75. The lowest BCUT2D eigenvalue weighted by Gasteiger charge is -2.33. The van der Waals surface area contributed by atoms with Gasteiger partial charge in [0.25, 0.3) is 0 Å². The Morgan fingerprint density at radius 1 is 0.760 bits per heavy atom. The second kappa shape index (κ2) is 5.96. The van der Waals surface area contributed by atoms with Crippen LogP contribution in [0.4, 0.5) is 18.9 Å². The highest BCUT2D eigenvalue weighted by Crippen LogP contribution is 2.39. The van der Waals surface area contributed by atoms with Crippen LogP contribution in [0.3, 0.4) is 0 Å². The van der Waals surface area contributed by atoms with Gasteiger partial charge < -0.3 is 4.90 Å². The van der Waals surface area contributed by atoms with Crippen LogP contribution in [0.1, 0.15) is 16.7 Å². The van der Waals surface area contributed by atoms with Crippen LogP contribution in [0, 0.1) is 0 Å². The van der Waals surface area contributed by atoms with Crippen LogP contribution in [0.25, 0.3) is 11.1 Å². The first-order valence-corrected chi connectivity index (χ1v) is 8.11. The van der Waals surface area contributed by atoms with E-state index < -0.39 is 11.7 Å². The molecule has 3 aromatic carbocycles. The Bertz CT molecular complexity index is 898. The Balaban J connectivity index is 1.66. The van der Waals surface area contributed by atoms with Gasteiger partial charge in [0, 0.05) is 24.3 Å². The van der Waals surface area contributed by atoms with Crippen molar-refractivity contribution in [1.29, 1.82) is 0 Å². The molecule has 1 aliphatic rings. The van der Waals surface area contributed by atoms with Gasteiger partial charge in [-0.2, -0.15) is 13.2 Å². The minimum absolute atomic E-state index is 0.573. The topological polar surface area (TPSA) is 3.24 Å². The van der Waals surface area contributed by atoms with E-state index >= 15 is 0 Å². The van der Waals surface area contributed by atoms with E-state index in [4.69, 9.17) is 0 Å². The van der Waals surface area contributed by atoms with Gasteiger partial charge in [0.15, 0.2) is 0 Å². The van der Waals surface area contributed by atoms with E-state index in [2.05, 4.69) is 29.2 Å². The molecule has 0 bridgehead atoms. The predicted molar refractivity (Wildman–Crippen MR) is 93.2 cm³/mol. The van der Waals surface area contributed by atoms with Gasteiger partial charge in [-0.1, -0.05) is 54.6 Å². The molecule has 0 saturated carbocycles. The summed E-state index contributed by atoms with van der Waals surface area (Å²) in [5, 5.41) is 0. The SMILES string of the molecule is FC(F)(F)c1ccc(CN2Cc3ccccc3-c3ccccc32)cc1.